The normalized spacial score (nSPS) is 23.1. The van der Waals surface area contributed by atoms with Gasteiger partial charge in [0.2, 0.25) is 0 Å². The first kappa shape index (κ1) is 20.0. The average molecular weight is 394 g/mol. The van der Waals surface area contributed by atoms with E-state index in [0.29, 0.717) is 6.54 Å². The Morgan fingerprint density at radius 3 is 2.63 bits per heavy atom. The van der Waals surface area contributed by atoms with Gasteiger partial charge in [-0.25, -0.2) is 8.42 Å². The Labute approximate surface area is 162 Å². The van der Waals surface area contributed by atoms with Gasteiger partial charge in [-0.3, -0.25) is 4.99 Å². The number of hydrogen-bond donors (Lipinski definition) is 2. The van der Waals surface area contributed by atoms with E-state index in [1.54, 1.807) is 0 Å². The molecule has 1 heterocycles. The first-order valence-electron chi connectivity index (χ1n) is 9.62. The maximum Gasteiger partial charge on any atom is 0.191 e. The second-order valence-electron chi connectivity index (χ2n) is 8.57. The van der Waals surface area contributed by atoms with Crippen molar-refractivity contribution in [2.75, 3.05) is 25.1 Å². The molecule has 1 aliphatic heterocycles. The number of hydrogen-bond acceptors (Lipinski definition) is 4. The molecule has 1 aromatic carbocycles. The summed E-state index contributed by atoms with van der Waals surface area (Å²) in [4.78, 5) is 4.74. The molecule has 6 nitrogen and oxygen atoms in total. The summed E-state index contributed by atoms with van der Waals surface area (Å²) in [5.41, 5.74) is 0.680. The molecular formula is C20H31N3O3S. The third kappa shape index (κ3) is 5.37. The number of guanidine groups is 1. The van der Waals surface area contributed by atoms with Gasteiger partial charge in [0, 0.05) is 36.7 Å². The van der Waals surface area contributed by atoms with E-state index in [4.69, 9.17) is 9.73 Å². The van der Waals surface area contributed by atoms with Crippen LogP contribution in [0.1, 0.15) is 51.6 Å². The zero-order chi connectivity index (χ0) is 19.7. The van der Waals surface area contributed by atoms with Crippen molar-refractivity contribution in [2.24, 2.45) is 10.4 Å². The van der Waals surface area contributed by atoms with Crippen LogP contribution in [0.25, 0.3) is 0 Å². The van der Waals surface area contributed by atoms with E-state index in [1.165, 1.54) is 6.26 Å². The fourth-order valence-corrected chi connectivity index (χ4v) is 5.24. The smallest absolute Gasteiger partial charge is 0.191 e. The van der Waals surface area contributed by atoms with Crippen LogP contribution in [0.15, 0.2) is 29.3 Å². The van der Waals surface area contributed by atoms with Crippen molar-refractivity contribution >= 4 is 15.8 Å². The third-order valence-electron chi connectivity index (χ3n) is 5.13. The van der Waals surface area contributed by atoms with Crippen molar-refractivity contribution in [2.45, 2.75) is 51.7 Å². The Balaban J connectivity index is 1.76. The molecule has 7 heteroatoms. The van der Waals surface area contributed by atoms with Crippen molar-refractivity contribution in [1.29, 1.82) is 0 Å². The summed E-state index contributed by atoms with van der Waals surface area (Å²) in [6, 6.07) is 8.18. The van der Waals surface area contributed by atoms with Crippen LogP contribution in [-0.4, -0.2) is 45.1 Å². The van der Waals surface area contributed by atoms with E-state index >= 15 is 0 Å². The lowest BCUT2D eigenvalue weighted by atomic mass is 9.90. The summed E-state index contributed by atoms with van der Waals surface area (Å²) in [5, 5.41) is 6.84. The van der Waals surface area contributed by atoms with Crippen molar-refractivity contribution in [1.82, 2.24) is 10.6 Å². The minimum absolute atomic E-state index is 0.0906. The Hall–Kier alpha value is -1.76. The Morgan fingerprint density at radius 1 is 1.30 bits per heavy atom. The molecule has 1 atom stereocenters. The molecule has 0 bridgehead atoms. The summed E-state index contributed by atoms with van der Waals surface area (Å²) >= 11 is 0. The monoisotopic (exact) mass is 393 g/mol. The zero-order valence-corrected chi connectivity index (χ0v) is 17.5. The predicted octanol–water partition coefficient (Wildman–Crippen LogP) is 2.67. The summed E-state index contributed by atoms with van der Waals surface area (Å²) in [5.74, 6) is 1.85. The highest BCUT2D eigenvalue weighted by atomic mass is 32.2. The summed E-state index contributed by atoms with van der Waals surface area (Å²) in [6.45, 7) is 7.49. The molecule has 150 valence electrons. The second-order valence-corrected chi connectivity index (χ2v) is 10.7. The highest BCUT2D eigenvalue weighted by Crippen LogP contribution is 2.47. The number of nitrogens with zero attached hydrogens (tertiary/aromatic N) is 1. The van der Waals surface area contributed by atoms with E-state index < -0.39 is 9.84 Å². The Kier molecular flexibility index (Phi) is 5.43. The lowest BCUT2D eigenvalue weighted by Crippen LogP contribution is -2.45. The molecule has 0 aromatic heterocycles. The summed E-state index contributed by atoms with van der Waals surface area (Å²) < 4.78 is 29.5. The average Bonchev–Trinajstić information content (AvgIpc) is 3.29. The second kappa shape index (κ2) is 7.34. The predicted molar refractivity (Wildman–Crippen MR) is 109 cm³/mol. The number of aliphatic imine (C=N–C) groups is 1. The van der Waals surface area contributed by atoms with E-state index in [2.05, 4.69) is 30.5 Å². The number of nitrogens with one attached hydrogen (secondary N) is 2. The number of rotatable bonds is 6. The van der Waals surface area contributed by atoms with Gasteiger partial charge in [0.05, 0.1) is 11.8 Å². The number of ether oxygens (including phenoxy) is 1. The van der Waals surface area contributed by atoms with Gasteiger partial charge in [-0.15, -0.1) is 0 Å². The van der Waals surface area contributed by atoms with Crippen LogP contribution in [0.2, 0.25) is 0 Å². The van der Waals surface area contributed by atoms with Crippen molar-refractivity contribution in [3.05, 3.63) is 29.8 Å². The van der Waals surface area contributed by atoms with Crippen molar-refractivity contribution in [3.8, 4) is 5.75 Å². The van der Waals surface area contributed by atoms with Crippen LogP contribution in [0.5, 0.6) is 5.75 Å². The molecule has 3 rings (SSSR count). The van der Waals surface area contributed by atoms with E-state index in [9.17, 15) is 8.42 Å². The van der Waals surface area contributed by atoms with Gasteiger partial charge in [-0.2, -0.15) is 0 Å². The molecule has 1 unspecified atom stereocenters. The minimum Gasteiger partial charge on any atom is -0.487 e. The van der Waals surface area contributed by atoms with Crippen LogP contribution in [0, 0.1) is 5.41 Å². The Morgan fingerprint density at radius 2 is 2.00 bits per heavy atom. The van der Waals surface area contributed by atoms with Crippen LogP contribution in [-0.2, 0) is 9.84 Å². The van der Waals surface area contributed by atoms with Crippen LogP contribution < -0.4 is 15.4 Å². The van der Waals surface area contributed by atoms with Gasteiger partial charge in [0.1, 0.15) is 21.2 Å². The molecular weight excluding hydrogens is 362 g/mol. The lowest BCUT2D eigenvalue weighted by Gasteiger charge is -2.38. The lowest BCUT2D eigenvalue weighted by molar-refractivity contribution is 0.0694. The number of benzene rings is 1. The molecule has 0 amide bonds. The largest absolute Gasteiger partial charge is 0.487 e. The van der Waals surface area contributed by atoms with Gasteiger partial charge in [-0.1, -0.05) is 18.2 Å². The molecule has 0 radical (unpaired) electrons. The van der Waals surface area contributed by atoms with Gasteiger partial charge in [0.15, 0.2) is 5.96 Å². The molecule has 1 saturated carbocycles. The highest BCUT2D eigenvalue weighted by Gasteiger charge is 2.45. The maximum absolute atomic E-state index is 11.7. The molecule has 2 aliphatic rings. The number of fused-ring (bicyclic) bond motifs is 1. The summed E-state index contributed by atoms with van der Waals surface area (Å²) in [6.07, 6.45) is 3.98. The van der Waals surface area contributed by atoms with Crippen molar-refractivity contribution in [3.63, 3.8) is 0 Å². The zero-order valence-electron chi connectivity index (χ0n) is 16.7. The molecule has 27 heavy (non-hydrogen) atoms. The molecule has 1 aromatic rings. The first-order valence-corrected chi connectivity index (χ1v) is 11.7. The highest BCUT2D eigenvalue weighted by molar-refractivity contribution is 7.90. The van der Waals surface area contributed by atoms with E-state index in [1.807, 2.05) is 25.1 Å². The molecule has 0 spiro atoms. The van der Waals surface area contributed by atoms with Gasteiger partial charge in [-0.05, 0) is 39.7 Å². The molecule has 2 N–H and O–H groups in total. The first-order chi connectivity index (χ1) is 12.6. The van der Waals surface area contributed by atoms with Crippen LogP contribution in [0.4, 0.5) is 0 Å². The van der Waals surface area contributed by atoms with Gasteiger partial charge < -0.3 is 15.4 Å². The third-order valence-corrected chi connectivity index (χ3v) is 6.27. The SMILES string of the molecule is CCNC(=NCC1(CS(C)(=O)=O)CC1)NC1CC(C)(C)Oc2ccccc21. The topological polar surface area (TPSA) is 79.8 Å². The maximum atomic E-state index is 11.7. The van der Waals surface area contributed by atoms with Crippen LogP contribution in [0.3, 0.4) is 0 Å². The van der Waals surface area contributed by atoms with Gasteiger partial charge in [0.25, 0.3) is 0 Å². The van der Waals surface area contributed by atoms with Gasteiger partial charge >= 0.3 is 0 Å². The quantitative estimate of drug-likeness (QED) is 0.574. The molecule has 0 saturated heterocycles. The minimum atomic E-state index is -2.99. The van der Waals surface area contributed by atoms with Crippen LogP contribution >= 0.6 is 0 Å². The standard InChI is InChI=1S/C20H31N3O3S/c1-5-21-18(22-13-20(10-11-20)14-27(4,24)25)23-16-12-19(2,3)26-17-9-7-6-8-15(16)17/h6-9,16H,5,10-14H2,1-4H3,(H2,21,22,23). The Bertz CT molecular complexity index is 814. The van der Waals surface area contributed by atoms with Crippen molar-refractivity contribution < 1.29 is 13.2 Å². The molecule has 1 aliphatic carbocycles. The molecule has 1 fully saturated rings. The van der Waals surface area contributed by atoms with E-state index in [0.717, 1.165) is 43.1 Å². The fraction of sp³-hybridized carbons (Fsp3) is 0.650. The summed E-state index contributed by atoms with van der Waals surface area (Å²) in [7, 11) is -2.99. The fourth-order valence-electron chi connectivity index (χ4n) is 3.74. The number of sulfone groups is 1. The number of para-hydroxylation sites is 1. The van der Waals surface area contributed by atoms with E-state index in [-0.39, 0.29) is 22.8 Å².